The molecular weight excluding hydrogens is 268 g/mol. The third-order valence-corrected chi connectivity index (χ3v) is 2.60. The molecule has 0 bridgehead atoms. The smallest absolute Gasteiger partial charge is 0.112 e. The highest BCUT2D eigenvalue weighted by Crippen LogP contribution is 2.22. The Kier molecular flexibility index (Phi) is 3.26. The van der Waals surface area contributed by atoms with Crippen molar-refractivity contribution in [1.29, 1.82) is 0 Å². The maximum Gasteiger partial charge on any atom is 0.112 e. The zero-order valence-corrected chi connectivity index (χ0v) is 10.3. The highest BCUT2D eigenvalue weighted by Gasteiger charge is 2.11. The average Bonchev–Trinajstić information content (AvgIpc) is 2.30. The van der Waals surface area contributed by atoms with Gasteiger partial charge in [0.2, 0.25) is 0 Å². The molecule has 0 fully saturated rings. The van der Waals surface area contributed by atoms with Gasteiger partial charge in [-0.2, -0.15) is 0 Å². The van der Waals surface area contributed by atoms with Crippen LogP contribution in [0.5, 0.6) is 0 Å². The Morgan fingerprint density at radius 2 is 1.94 bits per heavy atom. The van der Waals surface area contributed by atoms with E-state index in [4.69, 9.17) is 5.73 Å². The van der Waals surface area contributed by atoms with Gasteiger partial charge in [0.1, 0.15) is 5.69 Å². The van der Waals surface area contributed by atoms with Crippen LogP contribution in [0, 0.1) is 0 Å². The van der Waals surface area contributed by atoms with Gasteiger partial charge in [-0.15, -0.1) is 0 Å². The molecule has 4 nitrogen and oxygen atoms in total. The van der Waals surface area contributed by atoms with Crippen molar-refractivity contribution in [3.63, 3.8) is 0 Å². The SMILES string of the molecule is CC(N)c1nccnc1-c1ccc(Br)cn1. The molecule has 0 aliphatic rings. The van der Waals surface area contributed by atoms with E-state index in [2.05, 4.69) is 30.9 Å². The minimum Gasteiger partial charge on any atom is -0.323 e. The molecule has 0 saturated carbocycles. The molecule has 0 aliphatic heterocycles. The topological polar surface area (TPSA) is 64.7 Å². The van der Waals surface area contributed by atoms with Crippen molar-refractivity contribution in [2.45, 2.75) is 13.0 Å². The second kappa shape index (κ2) is 4.67. The predicted octanol–water partition coefficient (Wildman–Crippen LogP) is 2.32. The molecule has 1 atom stereocenters. The van der Waals surface area contributed by atoms with E-state index in [1.807, 2.05) is 19.1 Å². The molecule has 5 heteroatoms. The molecule has 0 spiro atoms. The van der Waals surface area contributed by atoms with Crippen LogP contribution in [0.2, 0.25) is 0 Å². The van der Waals surface area contributed by atoms with Crippen molar-refractivity contribution in [2.24, 2.45) is 5.73 Å². The van der Waals surface area contributed by atoms with Gasteiger partial charge >= 0.3 is 0 Å². The number of pyridine rings is 1. The van der Waals surface area contributed by atoms with Crippen LogP contribution in [-0.2, 0) is 0 Å². The number of halogens is 1. The Morgan fingerprint density at radius 1 is 1.19 bits per heavy atom. The summed E-state index contributed by atoms with van der Waals surface area (Å²) in [5, 5.41) is 0. The van der Waals surface area contributed by atoms with E-state index in [9.17, 15) is 0 Å². The molecule has 0 saturated heterocycles. The third-order valence-electron chi connectivity index (χ3n) is 2.13. The fraction of sp³-hybridized carbons (Fsp3) is 0.182. The Labute approximate surface area is 102 Å². The lowest BCUT2D eigenvalue weighted by molar-refractivity contribution is 0.775. The van der Waals surface area contributed by atoms with E-state index < -0.39 is 0 Å². The third kappa shape index (κ3) is 2.25. The second-order valence-electron chi connectivity index (χ2n) is 3.44. The molecule has 0 amide bonds. The lowest BCUT2D eigenvalue weighted by atomic mass is 10.1. The van der Waals surface area contributed by atoms with Crippen molar-refractivity contribution in [2.75, 3.05) is 0 Å². The Morgan fingerprint density at radius 3 is 2.56 bits per heavy atom. The van der Waals surface area contributed by atoms with E-state index in [0.29, 0.717) is 0 Å². The molecule has 1 unspecified atom stereocenters. The molecule has 2 heterocycles. The van der Waals surface area contributed by atoms with Crippen molar-refractivity contribution < 1.29 is 0 Å². The van der Waals surface area contributed by atoms with Crippen LogP contribution in [0.3, 0.4) is 0 Å². The number of aromatic nitrogens is 3. The van der Waals surface area contributed by atoms with E-state index in [1.54, 1.807) is 18.6 Å². The highest BCUT2D eigenvalue weighted by atomic mass is 79.9. The Balaban J connectivity index is 2.51. The first-order valence-electron chi connectivity index (χ1n) is 4.87. The number of nitrogens with zero attached hydrogens (tertiary/aromatic N) is 3. The van der Waals surface area contributed by atoms with Gasteiger partial charge in [-0.05, 0) is 35.0 Å². The number of hydrogen-bond donors (Lipinski definition) is 1. The number of nitrogens with two attached hydrogens (primary N) is 1. The fourth-order valence-electron chi connectivity index (χ4n) is 1.40. The Hall–Kier alpha value is -1.33. The summed E-state index contributed by atoms with van der Waals surface area (Å²) in [4.78, 5) is 12.8. The average molecular weight is 279 g/mol. The molecule has 2 aromatic rings. The minimum absolute atomic E-state index is 0.158. The molecule has 16 heavy (non-hydrogen) atoms. The van der Waals surface area contributed by atoms with Gasteiger partial charge in [-0.25, -0.2) is 0 Å². The van der Waals surface area contributed by atoms with Crippen molar-refractivity contribution >= 4 is 15.9 Å². The normalized spacial score (nSPS) is 12.4. The lowest BCUT2D eigenvalue weighted by Crippen LogP contribution is -2.10. The maximum absolute atomic E-state index is 5.84. The van der Waals surface area contributed by atoms with E-state index >= 15 is 0 Å². The number of hydrogen-bond acceptors (Lipinski definition) is 4. The fourth-order valence-corrected chi connectivity index (χ4v) is 1.63. The monoisotopic (exact) mass is 278 g/mol. The van der Waals surface area contributed by atoms with Crippen LogP contribution in [-0.4, -0.2) is 15.0 Å². The van der Waals surface area contributed by atoms with Gasteiger partial charge in [0.15, 0.2) is 0 Å². The van der Waals surface area contributed by atoms with E-state index in [0.717, 1.165) is 21.6 Å². The van der Waals surface area contributed by atoms with Crippen LogP contribution >= 0.6 is 15.9 Å². The zero-order chi connectivity index (χ0) is 11.5. The van der Waals surface area contributed by atoms with Crippen LogP contribution in [0.1, 0.15) is 18.7 Å². The van der Waals surface area contributed by atoms with Crippen LogP contribution in [0.4, 0.5) is 0 Å². The predicted molar refractivity (Wildman–Crippen MR) is 65.6 cm³/mol. The first-order valence-corrected chi connectivity index (χ1v) is 5.66. The summed E-state index contributed by atoms with van der Waals surface area (Å²) in [5.41, 5.74) is 8.13. The molecule has 82 valence electrons. The Bertz CT molecular complexity index is 482. The summed E-state index contributed by atoms with van der Waals surface area (Å²) in [5.74, 6) is 0. The van der Waals surface area contributed by atoms with E-state index in [1.165, 1.54) is 0 Å². The minimum atomic E-state index is -0.158. The molecule has 0 aromatic carbocycles. The summed E-state index contributed by atoms with van der Waals surface area (Å²) in [6.45, 7) is 1.88. The van der Waals surface area contributed by atoms with Gasteiger partial charge < -0.3 is 5.73 Å². The lowest BCUT2D eigenvalue weighted by Gasteiger charge is -2.09. The first kappa shape index (κ1) is 11.2. The van der Waals surface area contributed by atoms with Crippen LogP contribution in [0.15, 0.2) is 35.2 Å². The molecule has 2 aromatic heterocycles. The maximum atomic E-state index is 5.84. The summed E-state index contributed by atoms with van der Waals surface area (Å²) in [6, 6.07) is 3.65. The molecular formula is C11H11BrN4. The highest BCUT2D eigenvalue weighted by molar-refractivity contribution is 9.10. The first-order chi connectivity index (χ1) is 7.68. The van der Waals surface area contributed by atoms with Gasteiger partial charge in [0.25, 0.3) is 0 Å². The van der Waals surface area contributed by atoms with Crippen LogP contribution < -0.4 is 5.73 Å². The standard InChI is InChI=1S/C11H11BrN4/c1-7(13)10-11(15-5-4-14-10)9-3-2-8(12)6-16-9/h2-7H,13H2,1H3. The number of rotatable bonds is 2. The molecule has 2 rings (SSSR count). The van der Waals surface area contributed by atoms with Crippen LogP contribution in [0.25, 0.3) is 11.4 Å². The molecule has 2 N–H and O–H groups in total. The molecule has 0 radical (unpaired) electrons. The quantitative estimate of drug-likeness (QED) is 0.916. The summed E-state index contributed by atoms with van der Waals surface area (Å²) in [7, 11) is 0. The summed E-state index contributed by atoms with van der Waals surface area (Å²) >= 11 is 3.34. The van der Waals surface area contributed by atoms with Crippen molar-refractivity contribution in [1.82, 2.24) is 15.0 Å². The van der Waals surface area contributed by atoms with Crippen molar-refractivity contribution in [3.05, 3.63) is 40.9 Å². The largest absolute Gasteiger partial charge is 0.323 e. The van der Waals surface area contributed by atoms with Gasteiger partial charge in [-0.3, -0.25) is 15.0 Å². The molecule has 0 aliphatic carbocycles. The van der Waals surface area contributed by atoms with E-state index in [-0.39, 0.29) is 6.04 Å². The zero-order valence-electron chi connectivity index (χ0n) is 8.76. The summed E-state index contributed by atoms with van der Waals surface area (Å²) < 4.78 is 0.933. The second-order valence-corrected chi connectivity index (χ2v) is 4.36. The summed E-state index contributed by atoms with van der Waals surface area (Å²) in [6.07, 6.45) is 5.01. The van der Waals surface area contributed by atoms with Gasteiger partial charge in [-0.1, -0.05) is 0 Å². The van der Waals surface area contributed by atoms with Crippen molar-refractivity contribution in [3.8, 4) is 11.4 Å². The van der Waals surface area contributed by atoms with Gasteiger partial charge in [0.05, 0.1) is 11.4 Å². The van der Waals surface area contributed by atoms with Gasteiger partial charge in [0, 0.05) is 29.1 Å².